The van der Waals surface area contributed by atoms with E-state index >= 15 is 0 Å². The summed E-state index contributed by atoms with van der Waals surface area (Å²) >= 11 is 0. The van der Waals surface area contributed by atoms with Crippen LogP contribution in [-0.4, -0.2) is 59.9 Å². The molecule has 178 valence electrons. The molecule has 1 aromatic carbocycles. The van der Waals surface area contributed by atoms with Crippen LogP contribution in [0.5, 0.6) is 5.75 Å². The van der Waals surface area contributed by atoms with Gasteiger partial charge in [-0.3, -0.25) is 0 Å². The first-order valence-electron chi connectivity index (χ1n) is 11.6. The van der Waals surface area contributed by atoms with Gasteiger partial charge in [0.1, 0.15) is 29.1 Å². The predicted octanol–water partition coefficient (Wildman–Crippen LogP) is 3.53. The van der Waals surface area contributed by atoms with Gasteiger partial charge in [0.25, 0.3) is 0 Å². The van der Waals surface area contributed by atoms with E-state index in [1.165, 1.54) is 0 Å². The maximum atomic E-state index is 14.5. The molecule has 0 spiro atoms. The maximum Gasteiger partial charge on any atom is 0.225 e. The summed E-state index contributed by atoms with van der Waals surface area (Å²) in [5.74, 6) is -0.162. The number of aliphatic imine (C=N–C) groups is 1. The van der Waals surface area contributed by atoms with Crippen molar-refractivity contribution in [1.29, 1.82) is 0 Å². The Bertz CT molecular complexity index is 940. The Hall–Kier alpha value is -2.81. The number of hydrogen-bond acceptors (Lipinski definition) is 7. The van der Waals surface area contributed by atoms with Crippen LogP contribution in [0.25, 0.3) is 0 Å². The lowest BCUT2D eigenvalue weighted by molar-refractivity contribution is 0.129. The van der Waals surface area contributed by atoms with Crippen LogP contribution in [-0.2, 0) is 11.2 Å². The molecule has 0 amide bonds. The first-order chi connectivity index (χ1) is 16.1. The van der Waals surface area contributed by atoms with E-state index in [0.29, 0.717) is 12.5 Å². The van der Waals surface area contributed by atoms with Crippen molar-refractivity contribution in [3.63, 3.8) is 0 Å². The number of rotatable bonds is 9. The lowest BCUT2D eigenvalue weighted by Crippen LogP contribution is -2.35. The van der Waals surface area contributed by atoms with Crippen molar-refractivity contribution >= 4 is 11.8 Å². The zero-order valence-corrected chi connectivity index (χ0v) is 18.8. The van der Waals surface area contributed by atoms with Crippen LogP contribution in [0.4, 0.5) is 14.7 Å². The zero-order valence-electron chi connectivity index (χ0n) is 18.8. The van der Waals surface area contributed by atoms with Gasteiger partial charge in [0, 0.05) is 37.6 Å². The molecule has 1 saturated heterocycles. The topological polar surface area (TPSA) is 80.1 Å². The second kappa shape index (κ2) is 10.9. The fraction of sp³-hybridized carbons (Fsp3) is 0.542. The van der Waals surface area contributed by atoms with Gasteiger partial charge in [0.2, 0.25) is 11.8 Å². The average molecular weight is 461 g/mol. The van der Waals surface area contributed by atoms with Crippen LogP contribution in [0.1, 0.15) is 43.7 Å². The Labute approximate surface area is 192 Å². The number of halogens is 2. The summed E-state index contributed by atoms with van der Waals surface area (Å²) in [4.78, 5) is 15.1. The molecule has 1 fully saturated rings. The van der Waals surface area contributed by atoms with Crippen LogP contribution >= 0.6 is 0 Å². The van der Waals surface area contributed by atoms with Crippen LogP contribution in [0.2, 0.25) is 0 Å². The SMILES string of the molecule is CCc1cnc(N2CCC(CCCOc3cc(F)c(C4=NC[C@@H](CO)O4)c(F)c3)CC2)nc1. The molecular formula is C24H30F2N4O3. The molecule has 7 nitrogen and oxygen atoms in total. The van der Waals surface area contributed by atoms with Gasteiger partial charge in [-0.2, -0.15) is 0 Å². The van der Waals surface area contributed by atoms with Crippen molar-refractivity contribution in [1.82, 2.24) is 9.97 Å². The molecule has 1 N–H and O–H groups in total. The Kier molecular flexibility index (Phi) is 7.69. The van der Waals surface area contributed by atoms with E-state index in [2.05, 4.69) is 26.8 Å². The smallest absolute Gasteiger partial charge is 0.225 e. The highest BCUT2D eigenvalue weighted by molar-refractivity contribution is 5.95. The van der Waals surface area contributed by atoms with Gasteiger partial charge in [-0.05, 0) is 43.6 Å². The molecule has 33 heavy (non-hydrogen) atoms. The Morgan fingerprint density at radius 1 is 1.15 bits per heavy atom. The van der Waals surface area contributed by atoms with E-state index in [4.69, 9.17) is 14.6 Å². The van der Waals surface area contributed by atoms with Crippen molar-refractivity contribution in [2.75, 3.05) is 37.7 Å². The van der Waals surface area contributed by atoms with E-state index in [0.717, 1.165) is 68.8 Å². The number of aromatic nitrogens is 2. The van der Waals surface area contributed by atoms with Crippen molar-refractivity contribution in [2.24, 2.45) is 10.9 Å². The number of aryl methyl sites for hydroxylation is 1. The van der Waals surface area contributed by atoms with Gasteiger partial charge >= 0.3 is 0 Å². The number of piperidine rings is 1. The number of aliphatic hydroxyl groups is 1. The first-order valence-corrected chi connectivity index (χ1v) is 11.6. The molecule has 2 aliphatic rings. The van der Waals surface area contributed by atoms with Crippen molar-refractivity contribution in [3.05, 3.63) is 47.3 Å². The molecule has 4 rings (SSSR count). The Morgan fingerprint density at radius 2 is 1.85 bits per heavy atom. The highest BCUT2D eigenvalue weighted by atomic mass is 19.1. The summed E-state index contributed by atoms with van der Waals surface area (Å²) in [5, 5.41) is 9.10. The summed E-state index contributed by atoms with van der Waals surface area (Å²) in [7, 11) is 0. The van der Waals surface area contributed by atoms with E-state index in [1.54, 1.807) is 0 Å². The Morgan fingerprint density at radius 3 is 2.45 bits per heavy atom. The fourth-order valence-electron chi connectivity index (χ4n) is 4.17. The van der Waals surface area contributed by atoms with Crippen molar-refractivity contribution < 1.29 is 23.4 Å². The summed E-state index contributed by atoms with van der Waals surface area (Å²) < 4.78 is 39.8. The number of anilines is 1. The number of nitrogens with zero attached hydrogens (tertiary/aromatic N) is 4. The van der Waals surface area contributed by atoms with Gasteiger partial charge in [-0.25, -0.2) is 23.7 Å². The largest absolute Gasteiger partial charge is 0.493 e. The third-order valence-corrected chi connectivity index (χ3v) is 6.17. The van der Waals surface area contributed by atoms with E-state index in [9.17, 15) is 8.78 Å². The van der Waals surface area contributed by atoms with Crippen molar-refractivity contribution in [3.8, 4) is 5.75 Å². The summed E-state index contributed by atoms with van der Waals surface area (Å²) in [6.45, 7) is 4.26. The molecule has 2 aliphatic heterocycles. The second-order valence-electron chi connectivity index (χ2n) is 8.50. The number of aliphatic hydroxyl groups excluding tert-OH is 1. The molecule has 0 unspecified atom stereocenters. The van der Waals surface area contributed by atoms with Crippen LogP contribution in [0.3, 0.4) is 0 Å². The predicted molar refractivity (Wildman–Crippen MR) is 121 cm³/mol. The minimum Gasteiger partial charge on any atom is -0.493 e. The third kappa shape index (κ3) is 5.76. The third-order valence-electron chi connectivity index (χ3n) is 6.17. The standard InChI is InChI=1S/C24H30F2N4O3/c1-2-16-12-28-24(29-13-16)30-7-5-17(6-8-30)4-3-9-32-18-10-20(25)22(21(26)11-18)23-27-14-19(15-31)33-23/h10-13,17,19,31H,2-9,14-15H2,1H3/t19-/m0/s1. The number of benzene rings is 1. The molecule has 1 atom stereocenters. The van der Waals surface area contributed by atoms with Crippen LogP contribution in [0.15, 0.2) is 29.5 Å². The van der Waals surface area contributed by atoms with E-state index in [-0.39, 0.29) is 30.4 Å². The van der Waals surface area contributed by atoms with Crippen LogP contribution in [0, 0.1) is 17.6 Å². The van der Waals surface area contributed by atoms with Gasteiger partial charge < -0.3 is 19.5 Å². The minimum absolute atomic E-state index is 0.117. The quantitative estimate of drug-likeness (QED) is 0.577. The summed E-state index contributed by atoms with van der Waals surface area (Å²) in [5.41, 5.74) is 0.817. The van der Waals surface area contributed by atoms with E-state index < -0.39 is 17.7 Å². The van der Waals surface area contributed by atoms with Gasteiger partial charge in [-0.1, -0.05) is 6.92 Å². The molecule has 3 heterocycles. The molecule has 0 radical (unpaired) electrons. The normalized spacial score (nSPS) is 18.8. The molecule has 0 saturated carbocycles. The second-order valence-corrected chi connectivity index (χ2v) is 8.50. The molecule has 1 aromatic heterocycles. The zero-order chi connectivity index (χ0) is 23.2. The maximum absolute atomic E-state index is 14.5. The van der Waals surface area contributed by atoms with Gasteiger partial charge in [-0.15, -0.1) is 0 Å². The fourth-order valence-corrected chi connectivity index (χ4v) is 4.17. The molecular weight excluding hydrogens is 430 g/mol. The molecule has 0 aliphatic carbocycles. The summed E-state index contributed by atoms with van der Waals surface area (Å²) in [6, 6.07) is 2.30. The number of hydrogen-bond donors (Lipinski definition) is 1. The summed E-state index contributed by atoms with van der Waals surface area (Å²) in [6.07, 6.45) is 8.10. The average Bonchev–Trinajstić information content (AvgIpc) is 3.31. The number of ether oxygens (including phenoxy) is 2. The molecule has 2 aromatic rings. The first kappa shape index (κ1) is 23.4. The molecule has 9 heteroatoms. The Balaban J connectivity index is 1.20. The van der Waals surface area contributed by atoms with Crippen LogP contribution < -0.4 is 9.64 Å². The van der Waals surface area contributed by atoms with Gasteiger partial charge in [0.15, 0.2) is 0 Å². The van der Waals surface area contributed by atoms with Gasteiger partial charge in [0.05, 0.1) is 19.8 Å². The highest BCUT2D eigenvalue weighted by Gasteiger charge is 2.26. The lowest BCUT2D eigenvalue weighted by Gasteiger charge is -2.32. The monoisotopic (exact) mass is 460 g/mol. The highest BCUT2D eigenvalue weighted by Crippen LogP contribution is 2.26. The molecule has 0 bridgehead atoms. The van der Waals surface area contributed by atoms with Crippen molar-refractivity contribution in [2.45, 2.75) is 45.1 Å². The minimum atomic E-state index is -0.788. The lowest BCUT2D eigenvalue weighted by atomic mass is 9.92. The van der Waals surface area contributed by atoms with E-state index in [1.807, 2.05) is 12.4 Å².